The maximum Gasteiger partial charge on any atom is 0.461 e. The van der Waals surface area contributed by atoms with Crippen LogP contribution >= 0.6 is 12.4 Å². The molecule has 1 aliphatic rings. The summed E-state index contributed by atoms with van der Waals surface area (Å²) in [6.07, 6.45) is -8.34. The lowest BCUT2D eigenvalue weighted by molar-refractivity contribution is -0.253. The average molecular weight is 385 g/mol. The van der Waals surface area contributed by atoms with Crippen molar-refractivity contribution in [2.45, 2.75) is 39.3 Å². The van der Waals surface area contributed by atoms with Gasteiger partial charge in [-0.25, -0.2) is 0 Å². The minimum Gasteiger partial charge on any atom is -0.428 e. The third-order valence-electron chi connectivity index (χ3n) is 4.04. The Morgan fingerprint density at radius 2 is 1.56 bits per heavy atom. The van der Waals surface area contributed by atoms with Gasteiger partial charge in [0, 0.05) is 32.2 Å². The molecule has 0 aliphatic carbocycles. The van der Waals surface area contributed by atoms with Crippen LogP contribution in [0.15, 0.2) is 24.3 Å². The molecule has 144 valence electrons. The lowest BCUT2D eigenvalue weighted by Gasteiger charge is -2.42. The maximum absolute atomic E-state index is 13.0. The Labute approximate surface area is 152 Å². The first kappa shape index (κ1) is 22.0. The molecule has 0 unspecified atom stereocenters. The van der Waals surface area contributed by atoms with Gasteiger partial charge in [0.2, 0.25) is 0 Å². The monoisotopic (exact) mass is 384 g/mol. The van der Waals surface area contributed by atoms with Crippen LogP contribution in [0.2, 0.25) is 0 Å². The van der Waals surface area contributed by atoms with Crippen molar-refractivity contribution >= 4 is 12.4 Å². The number of piperazine rings is 1. The second kappa shape index (κ2) is 8.56. The van der Waals surface area contributed by atoms with E-state index < -0.39 is 12.5 Å². The number of alkyl halides is 4. The van der Waals surface area contributed by atoms with Gasteiger partial charge in [-0.2, -0.15) is 17.6 Å². The summed E-state index contributed by atoms with van der Waals surface area (Å²) in [5, 5.41) is 3.30. The zero-order valence-electron chi connectivity index (χ0n) is 14.6. The molecule has 0 bridgehead atoms. The number of nitrogens with one attached hydrogen (secondary N) is 1. The van der Waals surface area contributed by atoms with Crippen molar-refractivity contribution < 1.29 is 22.3 Å². The number of benzene rings is 1. The van der Waals surface area contributed by atoms with E-state index in [4.69, 9.17) is 0 Å². The molecule has 0 radical (unpaired) electrons. The Morgan fingerprint density at radius 1 is 1.04 bits per heavy atom. The molecule has 2 rings (SSSR count). The van der Waals surface area contributed by atoms with Crippen LogP contribution in [0, 0.1) is 5.41 Å². The topological polar surface area (TPSA) is 24.5 Å². The molecule has 1 saturated heterocycles. The number of ether oxygens (including phenoxy) is 1. The van der Waals surface area contributed by atoms with Gasteiger partial charge in [-0.1, -0.05) is 32.9 Å². The van der Waals surface area contributed by atoms with E-state index in [1.54, 1.807) is 12.1 Å². The lowest BCUT2D eigenvalue weighted by Crippen LogP contribution is -2.48. The molecule has 1 fully saturated rings. The predicted molar refractivity (Wildman–Crippen MR) is 91.9 cm³/mol. The highest BCUT2D eigenvalue weighted by atomic mass is 35.5. The average Bonchev–Trinajstić information content (AvgIpc) is 2.48. The number of hydrogen-bond acceptors (Lipinski definition) is 3. The molecular weight excluding hydrogens is 360 g/mol. The van der Waals surface area contributed by atoms with Gasteiger partial charge in [-0.05, 0) is 23.1 Å². The lowest BCUT2D eigenvalue weighted by atomic mass is 9.81. The summed E-state index contributed by atoms with van der Waals surface area (Å²) in [5.74, 6) is -0.267. The summed E-state index contributed by atoms with van der Waals surface area (Å²) in [6.45, 7) is 9.94. The molecule has 0 saturated carbocycles. The van der Waals surface area contributed by atoms with Crippen LogP contribution in [0.1, 0.15) is 32.4 Å². The van der Waals surface area contributed by atoms with Gasteiger partial charge in [-0.3, -0.25) is 4.90 Å². The van der Waals surface area contributed by atoms with Crippen LogP contribution in [0.5, 0.6) is 5.75 Å². The number of nitrogens with zero attached hydrogens (tertiary/aromatic N) is 1. The molecule has 1 aromatic rings. The minimum absolute atomic E-state index is 0. The summed E-state index contributed by atoms with van der Waals surface area (Å²) in [5.41, 5.74) is 0.893. The molecule has 8 heteroatoms. The predicted octanol–water partition coefficient (Wildman–Crippen LogP) is 4.34. The van der Waals surface area contributed by atoms with Crippen molar-refractivity contribution in [3.05, 3.63) is 29.8 Å². The fraction of sp³-hybridized carbons (Fsp3) is 0.647. The van der Waals surface area contributed by atoms with Crippen LogP contribution in [-0.4, -0.2) is 43.6 Å². The van der Waals surface area contributed by atoms with E-state index in [9.17, 15) is 17.6 Å². The first-order valence-corrected chi connectivity index (χ1v) is 8.01. The van der Waals surface area contributed by atoms with Crippen molar-refractivity contribution in [3.63, 3.8) is 0 Å². The molecule has 1 aliphatic heterocycles. The van der Waals surface area contributed by atoms with E-state index in [0.29, 0.717) is 0 Å². The molecule has 1 atom stereocenters. The van der Waals surface area contributed by atoms with Gasteiger partial charge in [0.15, 0.2) is 0 Å². The fourth-order valence-corrected chi connectivity index (χ4v) is 3.12. The van der Waals surface area contributed by atoms with Gasteiger partial charge in [0.25, 0.3) is 0 Å². The zero-order chi connectivity index (χ0) is 18.0. The van der Waals surface area contributed by atoms with E-state index in [1.165, 1.54) is 12.1 Å². The Bertz CT molecular complexity index is 528. The Morgan fingerprint density at radius 3 is 2.00 bits per heavy atom. The van der Waals surface area contributed by atoms with Gasteiger partial charge in [0.1, 0.15) is 5.75 Å². The van der Waals surface area contributed by atoms with Crippen molar-refractivity contribution in [2.24, 2.45) is 5.41 Å². The van der Waals surface area contributed by atoms with E-state index >= 15 is 0 Å². The van der Waals surface area contributed by atoms with Crippen molar-refractivity contribution in [1.29, 1.82) is 0 Å². The third kappa shape index (κ3) is 5.72. The minimum atomic E-state index is -4.48. The van der Waals surface area contributed by atoms with E-state index in [2.05, 4.69) is 35.7 Å². The molecule has 1 aromatic carbocycles. The third-order valence-corrected chi connectivity index (χ3v) is 4.04. The highest BCUT2D eigenvalue weighted by Gasteiger charge is 2.44. The standard InChI is InChI=1S/C17H24F4N2O.ClH/c1-16(2,3)14(23-10-8-22-9-11-23)12-4-6-13(7-5-12)24-17(20,21)15(18)19;/h4-7,14-15,22H,8-11H2,1-3H3;1H/t14-;/m1./s1. The summed E-state index contributed by atoms with van der Waals surface area (Å²) in [4.78, 5) is 2.35. The van der Waals surface area contributed by atoms with Gasteiger partial charge in [0.05, 0.1) is 0 Å². The van der Waals surface area contributed by atoms with Gasteiger partial charge >= 0.3 is 12.5 Å². The van der Waals surface area contributed by atoms with Crippen LogP contribution in [-0.2, 0) is 0 Å². The summed E-state index contributed by atoms with van der Waals surface area (Å²) >= 11 is 0. The van der Waals surface area contributed by atoms with Crippen LogP contribution in [0.3, 0.4) is 0 Å². The Balaban J connectivity index is 0.00000312. The molecule has 0 amide bonds. The maximum atomic E-state index is 13.0. The Hall–Kier alpha value is -1.05. The zero-order valence-corrected chi connectivity index (χ0v) is 15.4. The highest BCUT2D eigenvalue weighted by Crippen LogP contribution is 2.39. The second-order valence-electron chi connectivity index (χ2n) is 7.09. The van der Waals surface area contributed by atoms with Crippen molar-refractivity contribution in [2.75, 3.05) is 26.2 Å². The molecule has 3 nitrogen and oxygen atoms in total. The van der Waals surface area contributed by atoms with Crippen molar-refractivity contribution in [1.82, 2.24) is 10.2 Å². The fourth-order valence-electron chi connectivity index (χ4n) is 3.12. The van der Waals surface area contributed by atoms with E-state index in [0.717, 1.165) is 31.7 Å². The largest absolute Gasteiger partial charge is 0.461 e. The smallest absolute Gasteiger partial charge is 0.428 e. The Kier molecular flexibility index (Phi) is 7.53. The van der Waals surface area contributed by atoms with Gasteiger partial charge in [-0.15, -0.1) is 12.4 Å². The molecule has 0 aromatic heterocycles. The van der Waals surface area contributed by atoms with Crippen LogP contribution < -0.4 is 10.1 Å². The van der Waals surface area contributed by atoms with Crippen LogP contribution in [0.4, 0.5) is 17.6 Å². The molecule has 0 spiro atoms. The normalized spacial score (nSPS) is 17.9. The van der Waals surface area contributed by atoms with Crippen LogP contribution in [0.25, 0.3) is 0 Å². The quantitative estimate of drug-likeness (QED) is 0.764. The SMILES string of the molecule is CC(C)(C)[C@@H](c1ccc(OC(F)(F)C(F)F)cc1)N1CCNCC1.Cl. The van der Waals surface area contributed by atoms with E-state index in [1.807, 2.05) is 0 Å². The molecule has 25 heavy (non-hydrogen) atoms. The summed E-state index contributed by atoms with van der Waals surface area (Å²) < 4.78 is 54.5. The van der Waals surface area contributed by atoms with Crippen molar-refractivity contribution in [3.8, 4) is 5.75 Å². The van der Waals surface area contributed by atoms with E-state index in [-0.39, 0.29) is 29.6 Å². The first-order chi connectivity index (χ1) is 11.1. The summed E-state index contributed by atoms with van der Waals surface area (Å²) in [7, 11) is 0. The second-order valence-corrected chi connectivity index (χ2v) is 7.09. The summed E-state index contributed by atoms with van der Waals surface area (Å²) in [6, 6.07) is 6.10. The molecule has 1 N–H and O–H groups in total. The number of hydrogen-bond donors (Lipinski definition) is 1. The first-order valence-electron chi connectivity index (χ1n) is 8.01. The molecule has 1 heterocycles. The molecular formula is C17H25ClF4N2O. The van der Waals surface area contributed by atoms with Gasteiger partial charge < -0.3 is 10.1 Å². The number of halogens is 5. The highest BCUT2D eigenvalue weighted by molar-refractivity contribution is 5.85. The number of rotatable bonds is 5.